The summed E-state index contributed by atoms with van der Waals surface area (Å²) in [4.78, 5) is 13.9. The van der Waals surface area contributed by atoms with Gasteiger partial charge in [-0.3, -0.25) is 4.79 Å². The molecule has 0 saturated carbocycles. The molecular weight excluding hydrogens is 342 g/mol. The molecule has 0 unspecified atom stereocenters. The Bertz CT molecular complexity index is 653. The zero-order chi connectivity index (χ0) is 16.1. The number of halogens is 1. The average Bonchev–Trinajstić information content (AvgIpc) is 2.50. The lowest BCUT2D eigenvalue weighted by atomic mass is 10.1. The van der Waals surface area contributed by atoms with E-state index >= 15 is 0 Å². The Morgan fingerprint density at radius 3 is 2.50 bits per heavy atom. The predicted molar refractivity (Wildman–Crippen MR) is 92.0 cm³/mol. The lowest BCUT2D eigenvalue weighted by Crippen LogP contribution is -2.31. The van der Waals surface area contributed by atoms with Crippen molar-refractivity contribution in [3.63, 3.8) is 0 Å². The second-order valence-corrected chi connectivity index (χ2v) is 6.35. The van der Waals surface area contributed by atoms with Crippen molar-refractivity contribution in [3.05, 3.63) is 63.6 Å². The highest BCUT2D eigenvalue weighted by Gasteiger charge is 2.11. The van der Waals surface area contributed by atoms with Crippen LogP contribution in [0.5, 0.6) is 5.75 Å². The highest BCUT2D eigenvalue weighted by Crippen LogP contribution is 2.19. The Morgan fingerprint density at radius 2 is 1.82 bits per heavy atom. The van der Waals surface area contributed by atoms with Crippen LogP contribution in [0.2, 0.25) is 0 Å². The van der Waals surface area contributed by atoms with Crippen LogP contribution in [-0.2, 0) is 11.3 Å². The Balaban J connectivity index is 1.91. The third-order valence-corrected chi connectivity index (χ3v) is 3.98. The van der Waals surface area contributed by atoms with E-state index in [1.165, 1.54) is 0 Å². The van der Waals surface area contributed by atoms with E-state index in [1.807, 2.05) is 56.3 Å². The van der Waals surface area contributed by atoms with Crippen molar-refractivity contribution in [2.45, 2.75) is 20.4 Å². The number of nitrogens with zero attached hydrogens (tertiary/aromatic N) is 1. The van der Waals surface area contributed by atoms with Gasteiger partial charge in [0.2, 0.25) is 0 Å². The van der Waals surface area contributed by atoms with E-state index in [0.29, 0.717) is 6.54 Å². The lowest BCUT2D eigenvalue weighted by Gasteiger charge is -2.18. The molecule has 0 fully saturated rings. The van der Waals surface area contributed by atoms with Crippen molar-refractivity contribution in [3.8, 4) is 5.75 Å². The number of aryl methyl sites for hydroxylation is 2. The topological polar surface area (TPSA) is 29.5 Å². The third-order valence-electron chi connectivity index (χ3n) is 3.45. The molecule has 0 radical (unpaired) electrons. The summed E-state index contributed by atoms with van der Waals surface area (Å²) >= 11 is 3.40. The second kappa shape index (κ2) is 7.45. The standard InChI is InChI=1S/C18H20BrNO2/c1-13-4-5-14(2)17(10-13)22-12-18(21)20(3)11-15-6-8-16(19)9-7-15/h4-10H,11-12H2,1-3H3. The molecule has 0 spiro atoms. The number of hydrogen-bond donors (Lipinski definition) is 0. The number of hydrogen-bond acceptors (Lipinski definition) is 2. The van der Waals surface area contributed by atoms with Gasteiger partial charge in [-0.25, -0.2) is 0 Å². The molecule has 3 nitrogen and oxygen atoms in total. The van der Waals surface area contributed by atoms with Crippen molar-refractivity contribution < 1.29 is 9.53 Å². The van der Waals surface area contributed by atoms with Gasteiger partial charge in [0.25, 0.3) is 5.91 Å². The molecule has 0 N–H and O–H groups in total. The summed E-state index contributed by atoms with van der Waals surface area (Å²) in [6.45, 7) is 4.61. The van der Waals surface area contributed by atoms with Gasteiger partial charge in [-0.2, -0.15) is 0 Å². The van der Waals surface area contributed by atoms with Crippen LogP contribution in [0.4, 0.5) is 0 Å². The summed E-state index contributed by atoms with van der Waals surface area (Å²) in [7, 11) is 1.79. The summed E-state index contributed by atoms with van der Waals surface area (Å²) in [5.74, 6) is 0.731. The van der Waals surface area contributed by atoms with Gasteiger partial charge in [0.1, 0.15) is 5.75 Å². The van der Waals surface area contributed by atoms with Crippen molar-refractivity contribution in [1.29, 1.82) is 0 Å². The van der Waals surface area contributed by atoms with Crippen molar-refractivity contribution in [2.24, 2.45) is 0 Å². The first-order valence-electron chi connectivity index (χ1n) is 7.14. The van der Waals surface area contributed by atoms with E-state index in [9.17, 15) is 4.79 Å². The third kappa shape index (κ3) is 4.60. The maximum absolute atomic E-state index is 12.2. The van der Waals surface area contributed by atoms with Gasteiger partial charge in [0, 0.05) is 18.1 Å². The second-order valence-electron chi connectivity index (χ2n) is 5.43. The molecule has 4 heteroatoms. The van der Waals surface area contributed by atoms with Gasteiger partial charge in [0.15, 0.2) is 6.61 Å². The molecule has 1 amide bonds. The molecule has 0 aliphatic rings. The first-order valence-corrected chi connectivity index (χ1v) is 7.93. The number of carbonyl (C=O) groups is 1. The summed E-state index contributed by atoms with van der Waals surface area (Å²) in [5, 5.41) is 0. The number of amides is 1. The van der Waals surface area contributed by atoms with E-state index in [4.69, 9.17) is 4.74 Å². The van der Waals surface area contributed by atoms with Crippen molar-refractivity contribution >= 4 is 21.8 Å². The molecule has 2 rings (SSSR count). The van der Waals surface area contributed by atoms with Crippen LogP contribution >= 0.6 is 15.9 Å². The number of carbonyl (C=O) groups excluding carboxylic acids is 1. The summed E-state index contributed by atoms with van der Waals surface area (Å²) < 4.78 is 6.69. The zero-order valence-electron chi connectivity index (χ0n) is 13.1. The summed E-state index contributed by atoms with van der Waals surface area (Å²) in [5.41, 5.74) is 3.25. The van der Waals surface area contributed by atoms with E-state index in [1.54, 1.807) is 11.9 Å². The summed E-state index contributed by atoms with van der Waals surface area (Å²) in [6, 6.07) is 13.9. The number of rotatable bonds is 5. The Morgan fingerprint density at radius 1 is 1.14 bits per heavy atom. The molecule has 116 valence electrons. The minimum absolute atomic E-state index is 0.0381. The molecule has 0 aliphatic carbocycles. The van der Waals surface area contributed by atoms with Crippen LogP contribution in [-0.4, -0.2) is 24.5 Å². The van der Waals surface area contributed by atoms with Crippen LogP contribution in [0.25, 0.3) is 0 Å². The molecule has 0 aliphatic heterocycles. The molecule has 2 aromatic rings. The van der Waals surface area contributed by atoms with Gasteiger partial charge in [0.05, 0.1) is 0 Å². The van der Waals surface area contributed by atoms with Crippen molar-refractivity contribution in [2.75, 3.05) is 13.7 Å². The molecule has 0 saturated heterocycles. The van der Waals surface area contributed by atoms with Gasteiger partial charge < -0.3 is 9.64 Å². The van der Waals surface area contributed by atoms with E-state index < -0.39 is 0 Å². The van der Waals surface area contributed by atoms with E-state index in [2.05, 4.69) is 15.9 Å². The fourth-order valence-corrected chi connectivity index (χ4v) is 2.33. The van der Waals surface area contributed by atoms with Crippen LogP contribution < -0.4 is 4.74 Å². The fraction of sp³-hybridized carbons (Fsp3) is 0.278. The van der Waals surface area contributed by atoms with Gasteiger partial charge >= 0.3 is 0 Å². The molecule has 0 atom stereocenters. The van der Waals surface area contributed by atoms with E-state index in [-0.39, 0.29) is 12.5 Å². The van der Waals surface area contributed by atoms with Gasteiger partial charge in [-0.05, 0) is 48.7 Å². The Kier molecular flexibility index (Phi) is 5.61. The van der Waals surface area contributed by atoms with E-state index in [0.717, 1.165) is 26.9 Å². The van der Waals surface area contributed by atoms with Gasteiger partial charge in [-0.1, -0.05) is 40.2 Å². The minimum Gasteiger partial charge on any atom is -0.483 e. The van der Waals surface area contributed by atoms with Crippen LogP contribution in [0.3, 0.4) is 0 Å². The maximum Gasteiger partial charge on any atom is 0.260 e. The summed E-state index contributed by atoms with van der Waals surface area (Å²) in [6.07, 6.45) is 0. The Labute approximate surface area is 140 Å². The van der Waals surface area contributed by atoms with Crippen LogP contribution in [0.1, 0.15) is 16.7 Å². The Hall–Kier alpha value is -1.81. The zero-order valence-corrected chi connectivity index (χ0v) is 14.7. The molecule has 0 aromatic heterocycles. The molecule has 0 heterocycles. The average molecular weight is 362 g/mol. The largest absolute Gasteiger partial charge is 0.483 e. The lowest BCUT2D eigenvalue weighted by molar-refractivity contribution is -0.132. The quantitative estimate of drug-likeness (QED) is 0.801. The maximum atomic E-state index is 12.2. The monoisotopic (exact) mass is 361 g/mol. The molecule has 22 heavy (non-hydrogen) atoms. The fourth-order valence-electron chi connectivity index (χ4n) is 2.06. The first-order chi connectivity index (χ1) is 10.5. The highest BCUT2D eigenvalue weighted by atomic mass is 79.9. The molecule has 0 bridgehead atoms. The smallest absolute Gasteiger partial charge is 0.260 e. The molecular formula is C18H20BrNO2. The van der Waals surface area contributed by atoms with Crippen molar-refractivity contribution in [1.82, 2.24) is 4.90 Å². The van der Waals surface area contributed by atoms with Crippen LogP contribution in [0, 0.1) is 13.8 Å². The number of benzene rings is 2. The number of likely N-dealkylation sites (N-methyl/N-ethyl adjacent to an activating group) is 1. The molecule has 2 aromatic carbocycles. The normalized spacial score (nSPS) is 10.4. The number of ether oxygens (including phenoxy) is 1. The SMILES string of the molecule is Cc1ccc(C)c(OCC(=O)N(C)Cc2ccc(Br)cc2)c1. The highest BCUT2D eigenvalue weighted by molar-refractivity contribution is 9.10. The predicted octanol–water partition coefficient (Wildman–Crippen LogP) is 4.10. The van der Waals surface area contributed by atoms with Crippen LogP contribution in [0.15, 0.2) is 46.9 Å². The van der Waals surface area contributed by atoms with Gasteiger partial charge in [-0.15, -0.1) is 0 Å². The minimum atomic E-state index is -0.0381. The first kappa shape index (κ1) is 16.6.